The standard InChI is InChI=1S/C18H33N7O2.HI/c1-6-7-13(24-17(26)27-18(2,3)4)10-20-16(19-5)23-14-8-9-15-21-12-22-25(15)11-14;/h12-14H,6-11H2,1-5H3,(H,24,26)(H2,19,20,23);1H. The van der Waals surface area contributed by atoms with E-state index in [4.69, 9.17) is 4.74 Å². The summed E-state index contributed by atoms with van der Waals surface area (Å²) in [4.78, 5) is 20.6. The van der Waals surface area contributed by atoms with Crippen molar-refractivity contribution < 1.29 is 9.53 Å². The van der Waals surface area contributed by atoms with Gasteiger partial charge in [0.2, 0.25) is 0 Å². The van der Waals surface area contributed by atoms with E-state index in [9.17, 15) is 4.79 Å². The molecule has 0 fully saturated rings. The molecule has 2 atom stereocenters. The summed E-state index contributed by atoms with van der Waals surface area (Å²) >= 11 is 0. The minimum Gasteiger partial charge on any atom is -0.444 e. The maximum absolute atomic E-state index is 12.0. The molecule has 2 heterocycles. The van der Waals surface area contributed by atoms with Crippen LogP contribution in [0, 0.1) is 0 Å². The van der Waals surface area contributed by atoms with E-state index in [1.54, 1.807) is 13.4 Å². The molecule has 1 amide bonds. The van der Waals surface area contributed by atoms with Crippen LogP contribution in [-0.4, -0.2) is 58.1 Å². The van der Waals surface area contributed by atoms with Crippen molar-refractivity contribution in [1.82, 2.24) is 30.7 Å². The van der Waals surface area contributed by atoms with E-state index < -0.39 is 11.7 Å². The van der Waals surface area contributed by atoms with Crippen molar-refractivity contribution in [3.63, 3.8) is 0 Å². The molecule has 0 bridgehead atoms. The first-order chi connectivity index (χ1) is 12.8. The number of halogens is 1. The summed E-state index contributed by atoms with van der Waals surface area (Å²) in [7, 11) is 1.75. The quantitative estimate of drug-likeness (QED) is 0.310. The van der Waals surface area contributed by atoms with Crippen molar-refractivity contribution in [1.29, 1.82) is 0 Å². The zero-order chi connectivity index (χ0) is 19.9. The van der Waals surface area contributed by atoms with Crippen molar-refractivity contribution in [2.75, 3.05) is 13.6 Å². The zero-order valence-electron chi connectivity index (χ0n) is 17.5. The van der Waals surface area contributed by atoms with Crippen LogP contribution in [0.1, 0.15) is 52.8 Å². The SMILES string of the molecule is CCCC(CNC(=NC)NC1CCc2ncnn2C1)NC(=O)OC(C)(C)C.I. The van der Waals surface area contributed by atoms with E-state index in [0.29, 0.717) is 6.54 Å². The number of nitrogens with one attached hydrogen (secondary N) is 3. The molecule has 160 valence electrons. The molecule has 2 rings (SSSR count). The van der Waals surface area contributed by atoms with Gasteiger partial charge in [-0.15, -0.1) is 24.0 Å². The molecule has 0 saturated carbocycles. The topological polar surface area (TPSA) is 105 Å². The molecule has 1 aromatic rings. The lowest BCUT2D eigenvalue weighted by Crippen LogP contribution is -2.51. The number of aliphatic imine (C=N–C) groups is 1. The lowest BCUT2D eigenvalue weighted by Gasteiger charge is -2.27. The summed E-state index contributed by atoms with van der Waals surface area (Å²) < 4.78 is 7.28. The Balaban J connectivity index is 0.00000392. The summed E-state index contributed by atoms with van der Waals surface area (Å²) in [6.07, 6.45) is 4.90. The third-order valence-corrected chi connectivity index (χ3v) is 4.24. The molecule has 0 saturated heterocycles. The number of carbonyl (C=O) groups is 1. The summed E-state index contributed by atoms with van der Waals surface area (Å²) in [5, 5.41) is 13.9. The zero-order valence-corrected chi connectivity index (χ0v) is 19.8. The molecule has 0 radical (unpaired) electrons. The van der Waals surface area contributed by atoms with Gasteiger partial charge in [0.05, 0.1) is 6.54 Å². The molecule has 1 aliphatic heterocycles. The van der Waals surface area contributed by atoms with Gasteiger partial charge in [-0.1, -0.05) is 13.3 Å². The second-order valence-corrected chi connectivity index (χ2v) is 7.82. The van der Waals surface area contributed by atoms with Crippen LogP contribution in [-0.2, 0) is 17.7 Å². The number of rotatable bonds is 6. The molecular weight excluding hydrogens is 473 g/mol. The van der Waals surface area contributed by atoms with Crippen LogP contribution < -0.4 is 16.0 Å². The average Bonchev–Trinajstić information content (AvgIpc) is 3.04. The van der Waals surface area contributed by atoms with E-state index in [2.05, 4.69) is 37.9 Å². The van der Waals surface area contributed by atoms with E-state index in [1.807, 2.05) is 25.5 Å². The Morgan fingerprint density at radius 1 is 1.46 bits per heavy atom. The highest BCUT2D eigenvalue weighted by molar-refractivity contribution is 14.0. The Kier molecular flexibility index (Phi) is 9.97. The van der Waals surface area contributed by atoms with Gasteiger partial charge in [-0.3, -0.25) is 4.99 Å². The number of nitrogens with zero attached hydrogens (tertiary/aromatic N) is 4. The molecule has 1 aromatic heterocycles. The fraction of sp³-hybridized carbons (Fsp3) is 0.778. The number of amides is 1. The number of guanidine groups is 1. The van der Waals surface area contributed by atoms with Crippen molar-refractivity contribution in [3.8, 4) is 0 Å². The third kappa shape index (κ3) is 8.19. The molecule has 0 aliphatic carbocycles. The lowest BCUT2D eigenvalue weighted by atomic mass is 10.1. The second kappa shape index (κ2) is 11.4. The van der Waals surface area contributed by atoms with E-state index in [-0.39, 0.29) is 36.1 Å². The van der Waals surface area contributed by atoms with Crippen LogP contribution >= 0.6 is 24.0 Å². The van der Waals surface area contributed by atoms with Gasteiger partial charge in [-0.05, 0) is 33.6 Å². The van der Waals surface area contributed by atoms with Gasteiger partial charge >= 0.3 is 6.09 Å². The Bertz CT molecular complexity index is 642. The number of hydrogen-bond acceptors (Lipinski definition) is 5. The Labute approximate surface area is 184 Å². The van der Waals surface area contributed by atoms with E-state index in [1.165, 1.54) is 0 Å². The highest BCUT2D eigenvalue weighted by Crippen LogP contribution is 2.11. The first-order valence-electron chi connectivity index (χ1n) is 9.64. The minimum atomic E-state index is -0.507. The number of aromatic nitrogens is 3. The second-order valence-electron chi connectivity index (χ2n) is 7.82. The van der Waals surface area contributed by atoms with E-state index in [0.717, 1.165) is 44.0 Å². The smallest absolute Gasteiger partial charge is 0.407 e. The Morgan fingerprint density at radius 3 is 2.86 bits per heavy atom. The summed E-state index contributed by atoms with van der Waals surface area (Å²) in [5.41, 5.74) is -0.507. The third-order valence-electron chi connectivity index (χ3n) is 4.24. The molecule has 2 unspecified atom stereocenters. The minimum absolute atomic E-state index is 0. The van der Waals surface area contributed by atoms with Gasteiger partial charge in [0, 0.05) is 32.1 Å². The van der Waals surface area contributed by atoms with Gasteiger partial charge in [-0.25, -0.2) is 14.5 Å². The average molecular weight is 507 g/mol. The van der Waals surface area contributed by atoms with Crippen LogP contribution in [0.25, 0.3) is 0 Å². The fourth-order valence-corrected chi connectivity index (χ4v) is 3.01. The van der Waals surface area contributed by atoms with Crippen LogP contribution in [0.15, 0.2) is 11.3 Å². The summed E-state index contributed by atoms with van der Waals surface area (Å²) in [6, 6.07) is 0.213. The van der Waals surface area contributed by atoms with Crippen molar-refractivity contribution in [3.05, 3.63) is 12.2 Å². The van der Waals surface area contributed by atoms with Gasteiger partial charge in [-0.2, -0.15) is 5.10 Å². The first kappa shape index (κ1) is 24.4. The first-order valence-corrected chi connectivity index (χ1v) is 9.64. The molecule has 9 nitrogen and oxygen atoms in total. The molecule has 1 aliphatic rings. The normalized spacial score (nSPS) is 17.8. The predicted molar refractivity (Wildman–Crippen MR) is 120 cm³/mol. The molecule has 0 spiro atoms. The Morgan fingerprint density at radius 2 is 2.21 bits per heavy atom. The molecule has 0 aromatic carbocycles. The van der Waals surface area contributed by atoms with Gasteiger partial charge < -0.3 is 20.7 Å². The number of fused-ring (bicyclic) bond motifs is 1. The molecule has 10 heteroatoms. The van der Waals surface area contributed by atoms with Crippen LogP contribution in [0.3, 0.4) is 0 Å². The maximum Gasteiger partial charge on any atom is 0.407 e. The Hall–Kier alpha value is -1.59. The van der Waals surface area contributed by atoms with Crippen LogP contribution in [0.4, 0.5) is 4.79 Å². The van der Waals surface area contributed by atoms with Gasteiger partial charge in [0.1, 0.15) is 17.8 Å². The lowest BCUT2D eigenvalue weighted by molar-refractivity contribution is 0.0502. The monoisotopic (exact) mass is 507 g/mol. The van der Waals surface area contributed by atoms with Gasteiger partial charge in [0.15, 0.2) is 5.96 Å². The summed E-state index contributed by atoms with van der Waals surface area (Å²) in [6.45, 7) is 9.01. The van der Waals surface area contributed by atoms with Crippen LogP contribution in [0.5, 0.6) is 0 Å². The molecule has 28 heavy (non-hydrogen) atoms. The number of carbonyl (C=O) groups excluding carboxylic acids is 1. The number of alkyl carbamates (subject to hydrolysis) is 1. The molecular formula is C18H34IN7O2. The van der Waals surface area contributed by atoms with Crippen molar-refractivity contribution in [2.45, 2.75) is 77.6 Å². The maximum atomic E-state index is 12.0. The van der Waals surface area contributed by atoms with Crippen LogP contribution in [0.2, 0.25) is 0 Å². The fourth-order valence-electron chi connectivity index (χ4n) is 3.01. The van der Waals surface area contributed by atoms with E-state index >= 15 is 0 Å². The summed E-state index contributed by atoms with van der Waals surface area (Å²) in [5.74, 6) is 1.75. The highest BCUT2D eigenvalue weighted by Gasteiger charge is 2.22. The predicted octanol–water partition coefficient (Wildman–Crippen LogP) is 2.07. The molecule has 3 N–H and O–H groups in total. The number of aryl methyl sites for hydroxylation is 1. The number of ether oxygens (including phenoxy) is 1. The number of hydrogen-bond donors (Lipinski definition) is 3. The highest BCUT2D eigenvalue weighted by atomic mass is 127. The largest absolute Gasteiger partial charge is 0.444 e. The van der Waals surface area contributed by atoms with Crippen molar-refractivity contribution >= 4 is 36.0 Å². The van der Waals surface area contributed by atoms with Gasteiger partial charge in [0.25, 0.3) is 0 Å². The van der Waals surface area contributed by atoms with Crippen molar-refractivity contribution in [2.24, 2.45) is 4.99 Å².